The number of halogens is 1. The fourth-order valence-electron chi connectivity index (χ4n) is 2.46. The zero-order chi connectivity index (χ0) is 12.5. The Morgan fingerprint density at radius 1 is 1.28 bits per heavy atom. The van der Waals surface area contributed by atoms with Crippen molar-refractivity contribution in [3.8, 4) is 0 Å². The summed E-state index contributed by atoms with van der Waals surface area (Å²) in [6.45, 7) is 0. The summed E-state index contributed by atoms with van der Waals surface area (Å²) in [6.07, 6.45) is 3.21. The molecule has 1 aliphatic carbocycles. The highest BCUT2D eigenvalue weighted by Gasteiger charge is 2.28. The maximum Gasteiger partial charge on any atom is 0.182 e. The minimum atomic E-state index is 0.113. The maximum absolute atomic E-state index is 12.2. The molecule has 1 aromatic heterocycles. The van der Waals surface area contributed by atoms with E-state index in [9.17, 15) is 4.79 Å². The maximum atomic E-state index is 12.2. The number of ketones is 1. The normalized spacial score (nSPS) is 16.8. The molecule has 0 aliphatic heterocycles. The predicted molar refractivity (Wildman–Crippen MR) is 73.8 cm³/mol. The van der Waals surface area contributed by atoms with Gasteiger partial charge in [-0.15, -0.1) is 0 Å². The number of nitrogens with zero attached hydrogens (tertiary/aromatic N) is 1. The largest absolute Gasteiger partial charge is 0.292 e. The molecule has 0 spiro atoms. The number of pyridine rings is 1. The fraction of sp³-hybridized carbons (Fsp3) is 0.200. The van der Waals surface area contributed by atoms with Crippen LogP contribution in [-0.4, -0.2) is 10.8 Å². The van der Waals surface area contributed by atoms with Crippen molar-refractivity contribution in [2.24, 2.45) is 0 Å². The van der Waals surface area contributed by atoms with Gasteiger partial charge in [-0.3, -0.25) is 9.78 Å². The molecule has 90 valence electrons. The van der Waals surface area contributed by atoms with Crippen LogP contribution in [0.5, 0.6) is 0 Å². The van der Waals surface area contributed by atoms with E-state index < -0.39 is 0 Å². The summed E-state index contributed by atoms with van der Waals surface area (Å²) in [7, 11) is 0. The average Bonchev–Trinajstić information content (AvgIpc) is 2.36. The van der Waals surface area contributed by atoms with Crippen LogP contribution < -0.4 is 0 Å². The molecule has 0 N–H and O–H groups in total. The van der Waals surface area contributed by atoms with Crippen LogP contribution in [0.3, 0.4) is 0 Å². The lowest BCUT2D eigenvalue weighted by Gasteiger charge is -2.29. The van der Waals surface area contributed by atoms with E-state index >= 15 is 0 Å². The lowest BCUT2D eigenvalue weighted by Crippen LogP contribution is -2.20. The van der Waals surface area contributed by atoms with Crippen LogP contribution in [-0.2, 0) is 6.42 Å². The Labute approximate surface area is 114 Å². The zero-order valence-electron chi connectivity index (χ0n) is 9.77. The summed E-state index contributed by atoms with van der Waals surface area (Å²) < 4.78 is 0.780. The molecule has 0 radical (unpaired) electrons. The Kier molecular flexibility index (Phi) is 3.00. The van der Waals surface area contributed by atoms with E-state index in [0.29, 0.717) is 18.0 Å². The number of benzene rings is 1. The van der Waals surface area contributed by atoms with Crippen LogP contribution in [0, 0.1) is 0 Å². The molecule has 3 heteroatoms. The number of hydrogen-bond donors (Lipinski definition) is 0. The number of rotatable bonds is 3. The second-order valence-electron chi connectivity index (χ2n) is 4.56. The fourth-order valence-corrected chi connectivity index (χ4v) is 2.93. The van der Waals surface area contributed by atoms with Crippen molar-refractivity contribution in [3.63, 3.8) is 0 Å². The summed E-state index contributed by atoms with van der Waals surface area (Å²) in [6, 6.07) is 12.0. The number of aromatic nitrogens is 1. The van der Waals surface area contributed by atoms with Crippen molar-refractivity contribution in [3.05, 3.63) is 63.9 Å². The van der Waals surface area contributed by atoms with Gasteiger partial charge in [0.05, 0.1) is 0 Å². The second kappa shape index (κ2) is 4.65. The molecule has 0 bridgehead atoms. The lowest BCUT2D eigenvalue weighted by molar-refractivity contribution is 0.0965. The summed E-state index contributed by atoms with van der Waals surface area (Å²) in [5, 5.41) is 0. The summed E-state index contributed by atoms with van der Waals surface area (Å²) in [5.41, 5.74) is 3.23. The van der Waals surface area contributed by atoms with Crippen LogP contribution in [0.4, 0.5) is 0 Å². The molecule has 0 saturated heterocycles. The van der Waals surface area contributed by atoms with Gasteiger partial charge in [-0.05, 0) is 51.5 Å². The molecule has 0 amide bonds. The van der Waals surface area contributed by atoms with Crippen molar-refractivity contribution in [1.29, 1.82) is 0 Å². The molecule has 0 saturated carbocycles. The van der Waals surface area contributed by atoms with Gasteiger partial charge in [0.2, 0.25) is 0 Å². The summed E-state index contributed by atoms with van der Waals surface area (Å²) >= 11 is 3.38. The minimum absolute atomic E-state index is 0.113. The quantitative estimate of drug-likeness (QED) is 0.808. The van der Waals surface area contributed by atoms with E-state index in [0.717, 1.165) is 10.9 Å². The molecule has 1 unspecified atom stereocenters. The zero-order valence-corrected chi connectivity index (χ0v) is 11.4. The van der Waals surface area contributed by atoms with Gasteiger partial charge in [-0.2, -0.15) is 0 Å². The van der Waals surface area contributed by atoms with Gasteiger partial charge < -0.3 is 0 Å². The molecule has 2 nitrogen and oxygen atoms in total. The smallest absolute Gasteiger partial charge is 0.182 e. The van der Waals surface area contributed by atoms with Crippen LogP contribution in [0.25, 0.3) is 0 Å². The van der Waals surface area contributed by atoms with Crippen LogP contribution in [0.1, 0.15) is 34.0 Å². The highest BCUT2D eigenvalue weighted by molar-refractivity contribution is 9.10. The van der Waals surface area contributed by atoms with Gasteiger partial charge >= 0.3 is 0 Å². The van der Waals surface area contributed by atoms with E-state index in [2.05, 4.69) is 33.0 Å². The summed E-state index contributed by atoms with van der Waals surface area (Å²) in [4.78, 5) is 16.3. The SMILES string of the molecule is O=C(CC1Cc2ccccc21)c1ncccc1Br. The molecule has 1 aliphatic rings. The first kappa shape index (κ1) is 11.6. The predicted octanol–water partition coefficient (Wildman–Crippen LogP) is 3.76. The van der Waals surface area contributed by atoms with Crippen LogP contribution in [0.2, 0.25) is 0 Å². The topological polar surface area (TPSA) is 30.0 Å². The molecular weight excluding hydrogens is 290 g/mol. The first-order valence-corrected chi connectivity index (χ1v) is 6.76. The summed E-state index contributed by atoms with van der Waals surface area (Å²) in [5.74, 6) is 0.476. The lowest BCUT2D eigenvalue weighted by atomic mass is 9.75. The first-order chi connectivity index (χ1) is 8.75. The van der Waals surface area contributed by atoms with Crippen molar-refractivity contribution in [2.75, 3.05) is 0 Å². The molecule has 3 rings (SSSR count). The van der Waals surface area contributed by atoms with Crippen LogP contribution >= 0.6 is 15.9 Å². The van der Waals surface area contributed by atoms with Crippen molar-refractivity contribution in [2.45, 2.75) is 18.8 Å². The van der Waals surface area contributed by atoms with E-state index in [1.165, 1.54) is 11.1 Å². The van der Waals surface area contributed by atoms with Gasteiger partial charge in [-0.25, -0.2) is 0 Å². The first-order valence-electron chi connectivity index (χ1n) is 5.97. The van der Waals surface area contributed by atoms with Gasteiger partial charge in [0.15, 0.2) is 5.78 Å². The Balaban J connectivity index is 1.76. The number of carbonyl (C=O) groups excluding carboxylic acids is 1. The Morgan fingerprint density at radius 3 is 2.89 bits per heavy atom. The molecular formula is C15H12BrNO. The van der Waals surface area contributed by atoms with Crippen molar-refractivity contribution < 1.29 is 4.79 Å². The van der Waals surface area contributed by atoms with Crippen molar-refractivity contribution >= 4 is 21.7 Å². The van der Waals surface area contributed by atoms with Gasteiger partial charge in [-0.1, -0.05) is 24.3 Å². The van der Waals surface area contributed by atoms with Crippen LogP contribution in [0.15, 0.2) is 47.1 Å². The van der Waals surface area contributed by atoms with E-state index in [1.807, 2.05) is 24.3 Å². The molecule has 18 heavy (non-hydrogen) atoms. The molecule has 1 atom stereocenters. The molecule has 2 aromatic rings. The van der Waals surface area contributed by atoms with Gasteiger partial charge in [0.25, 0.3) is 0 Å². The highest BCUT2D eigenvalue weighted by Crippen LogP contribution is 2.38. The molecule has 1 heterocycles. The molecule has 0 fully saturated rings. The standard InChI is InChI=1S/C15H12BrNO/c16-13-6-3-7-17-15(13)14(18)9-11-8-10-4-1-2-5-12(10)11/h1-7,11H,8-9H2. The highest BCUT2D eigenvalue weighted by atomic mass is 79.9. The molecule has 1 aromatic carbocycles. The monoisotopic (exact) mass is 301 g/mol. The number of hydrogen-bond acceptors (Lipinski definition) is 2. The number of Topliss-reactive ketones (excluding diaryl/α,β-unsaturated/α-hetero) is 1. The minimum Gasteiger partial charge on any atom is -0.292 e. The van der Waals surface area contributed by atoms with Gasteiger partial charge in [0.1, 0.15) is 5.69 Å². The van der Waals surface area contributed by atoms with Gasteiger partial charge in [0, 0.05) is 17.1 Å². The van der Waals surface area contributed by atoms with E-state index in [-0.39, 0.29) is 5.78 Å². The average molecular weight is 302 g/mol. The van der Waals surface area contributed by atoms with E-state index in [1.54, 1.807) is 6.20 Å². The Hall–Kier alpha value is -1.48. The van der Waals surface area contributed by atoms with Crippen molar-refractivity contribution in [1.82, 2.24) is 4.98 Å². The Bertz CT molecular complexity index is 609. The third kappa shape index (κ3) is 1.99. The second-order valence-corrected chi connectivity index (χ2v) is 5.42. The third-order valence-corrected chi connectivity index (χ3v) is 4.06. The number of fused-ring (bicyclic) bond motifs is 1. The number of carbonyl (C=O) groups is 1. The van der Waals surface area contributed by atoms with E-state index in [4.69, 9.17) is 0 Å². The third-order valence-electron chi connectivity index (χ3n) is 3.42. The Morgan fingerprint density at radius 2 is 2.11 bits per heavy atom.